The molecule has 0 atom stereocenters. The Bertz CT molecular complexity index is 4230. The van der Waals surface area contributed by atoms with Crippen molar-refractivity contribution in [3.05, 3.63) is 288 Å². The van der Waals surface area contributed by atoms with Gasteiger partial charge in [0.1, 0.15) is 0 Å². The second-order valence-corrected chi connectivity index (χ2v) is 20.5. The normalized spacial score (nSPS) is 12.5. The molecular formula is C69H46S2. The van der Waals surface area contributed by atoms with Crippen LogP contribution in [0.25, 0.3) is 107 Å². The maximum absolute atomic E-state index is 2.48. The first-order valence-corrected chi connectivity index (χ1v) is 25.9. The zero-order valence-corrected chi connectivity index (χ0v) is 40.8. The Morgan fingerprint density at radius 2 is 0.718 bits per heavy atom. The summed E-state index contributed by atoms with van der Waals surface area (Å²) >= 11 is 3.73. The van der Waals surface area contributed by atoms with Gasteiger partial charge >= 0.3 is 0 Å². The van der Waals surface area contributed by atoms with Crippen molar-refractivity contribution in [2.75, 3.05) is 0 Å². The van der Waals surface area contributed by atoms with Crippen LogP contribution in [0, 0.1) is 0 Å². The van der Waals surface area contributed by atoms with Crippen LogP contribution in [-0.2, 0) is 0 Å². The van der Waals surface area contributed by atoms with E-state index in [0.717, 1.165) is 0 Å². The molecule has 0 saturated heterocycles. The van der Waals surface area contributed by atoms with Crippen molar-refractivity contribution in [1.82, 2.24) is 0 Å². The van der Waals surface area contributed by atoms with Crippen molar-refractivity contribution in [3.63, 3.8) is 0 Å². The van der Waals surface area contributed by atoms with E-state index in [1.54, 1.807) is 0 Å². The molecule has 0 aliphatic carbocycles. The molecule has 11 aromatic carbocycles. The first kappa shape index (κ1) is 42.7. The summed E-state index contributed by atoms with van der Waals surface area (Å²) in [7, 11) is 0. The van der Waals surface area contributed by atoms with Crippen LogP contribution in [0.1, 0.15) is 23.6 Å². The van der Waals surface area contributed by atoms with Crippen LogP contribution in [0.5, 0.6) is 0 Å². The zero-order chi connectivity index (χ0) is 47.3. The molecule has 71 heavy (non-hydrogen) atoms. The number of hydrogen-bond donors (Lipinski definition) is 0. The van der Waals surface area contributed by atoms with Crippen LogP contribution < -0.4 is 10.4 Å². The minimum Gasteiger partial charge on any atom is -0.134 e. The highest BCUT2D eigenvalue weighted by Crippen LogP contribution is 2.45. The molecule has 0 aliphatic heterocycles. The smallest absolute Gasteiger partial charge is 0.0449 e. The highest BCUT2D eigenvalue weighted by molar-refractivity contribution is 7.25. The number of thiophene rings is 2. The molecule has 0 nitrogen and oxygen atoms in total. The number of benzene rings is 11. The van der Waals surface area contributed by atoms with Gasteiger partial charge in [-0.3, -0.25) is 0 Å². The first-order chi connectivity index (χ1) is 35.1. The fraction of sp³-hybridized carbons (Fsp3) is 0.0145. The lowest BCUT2D eigenvalue weighted by Gasteiger charge is -2.19. The first-order valence-electron chi connectivity index (χ1n) is 24.3. The van der Waals surface area contributed by atoms with Gasteiger partial charge in [-0.15, -0.1) is 22.7 Å². The Balaban J connectivity index is 1.02. The molecule has 0 radical (unpaired) electrons. The summed E-state index contributed by atoms with van der Waals surface area (Å²) in [5.41, 5.74) is 13.4. The molecule has 0 amide bonds. The lowest BCUT2D eigenvalue weighted by Crippen LogP contribution is -2.30. The van der Waals surface area contributed by atoms with E-state index in [1.165, 1.54) is 134 Å². The fourth-order valence-electron chi connectivity index (χ4n) is 10.7. The van der Waals surface area contributed by atoms with E-state index in [4.69, 9.17) is 0 Å². The predicted molar refractivity (Wildman–Crippen MR) is 308 cm³/mol. The van der Waals surface area contributed by atoms with E-state index in [1.807, 2.05) is 22.7 Å². The monoisotopic (exact) mass is 938 g/mol. The highest BCUT2D eigenvalue weighted by Gasteiger charge is 2.19. The molecule has 0 fully saturated rings. The molecule has 2 aromatic heterocycles. The van der Waals surface area contributed by atoms with E-state index in [9.17, 15) is 0 Å². The lowest BCUT2D eigenvalue weighted by molar-refractivity contribution is 1.41. The van der Waals surface area contributed by atoms with Crippen LogP contribution in [-0.4, -0.2) is 0 Å². The summed E-state index contributed by atoms with van der Waals surface area (Å²) in [5, 5.41) is 12.3. The van der Waals surface area contributed by atoms with Gasteiger partial charge in [-0.2, -0.15) is 0 Å². The Kier molecular flexibility index (Phi) is 10.9. The van der Waals surface area contributed by atoms with Crippen LogP contribution in [0.15, 0.2) is 261 Å². The van der Waals surface area contributed by atoms with Crippen molar-refractivity contribution in [3.8, 4) is 52.9 Å². The highest BCUT2D eigenvalue weighted by atomic mass is 32.1. The standard InChI is InChI=1S/C69H46S2/c1-45(50-33-31-46-17-8-10-23-51(46)41-50)62-44-56(35-36-61(62)67(49-21-6-3-7-22-49)55-34-32-47-18-9-11-24-52(47)42-55)69-59-29-14-12-27-57(59)68(58-28-13-15-30-60(58)69)54-26-16-25-53(43-54)64-38-40-66(71-64)65-39-37-63(70-65)48-19-4-2-5-20-48/h2-44H,1H3/b62-45+,67-61+. The second kappa shape index (κ2) is 18.2. The Hall–Kier alpha value is -8.40. The topological polar surface area (TPSA) is 0 Å². The third-order valence-corrected chi connectivity index (χ3v) is 16.6. The molecule has 0 unspecified atom stereocenters. The maximum Gasteiger partial charge on any atom is 0.0449 e. The molecule has 0 aliphatic rings. The van der Waals surface area contributed by atoms with Gasteiger partial charge in [0.05, 0.1) is 0 Å². The van der Waals surface area contributed by atoms with Crippen molar-refractivity contribution < 1.29 is 0 Å². The van der Waals surface area contributed by atoms with E-state index in [2.05, 4.69) is 268 Å². The van der Waals surface area contributed by atoms with Gasteiger partial charge in [-0.05, 0) is 170 Å². The van der Waals surface area contributed by atoms with Gasteiger partial charge in [0, 0.05) is 19.5 Å². The Labute approximate surface area is 422 Å². The summed E-state index contributed by atoms with van der Waals surface area (Å²) in [4.78, 5) is 5.15. The SMILES string of the molecule is C/C(c1ccc2ccccc2c1)=c1/cc(-c2c3ccccc3c(-c3cccc(-c4ccc(-c5ccc(-c6ccccc6)s5)s4)c3)c3ccccc23)cc/c1=C(/c1ccccc1)c1ccc2ccccc2c1. The molecule has 0 bridgehead atoms. The molecule has 2 heteroatoms. The summed E-state index contributed by atoms with van der Waals surface area (Å²) in [5.74, 6) is 0. The quantitative estimate of drug-likeness (QED) is 0.133. The van der Waals surface area contributed by atoms with Crippen LogP contribution >= 0.6 is 22.7 Å². The molecule has 334 valence electrons. The van der Waals surface area contributed by atoms with Crippen LogP contribution in [0.4, 0.5) is 0 Å². The van der Waals surface area contributed by atoms with Gasteiger partial charge in [-0.1, -0.05) is 212 Å². The summed E-state index contributed by atoms with van der Waals surface area (Å²) in [6.07, 6.45) is 0. The van der Waals surface area contributed by atoms with E-state index < -0.39 is 0 Å². The van der Waals surface area contributed by atoms with Gasteiger partial charge < -0.3 is 0 Å². The summed E-state index contributed by atoms with van der Waals surface area (Å²) < 4.78 is 0. The Morgan fingerprint density at radius 3 is 1.32 bits per heavy atom. The van der Waals surface area contributed by atoms with Crippen molar-refractivity contribution >= 4 is 76.9 Å². The maximum atomic E-state index is 2.48. The summed E-state index contributed by atoms with van der Waals surface area (Å²) in [6.45, 7) is 2.31. The minimum absolute atomic E-state index is 1.19. The van der Waals surface area contributed by atoms with E-state index in [0.29, 0.717) is 0 Å². The third kappa shape index (κ3) is 7.88. The third-order valence-electron chi connectivity index (χ3n) is 14.1. The molecule has 0 saturated carbocycles. The number of rotatable bonds is 8. The fourth-order valence-corrected chi connectivity index (χ4v) is 12.8. The molecule has 13 aromatic rings. The van der Waals surface area contributed by atoms with E-state index in [-0.39, 0.29) is 0 Å². The van der Waals surface area contributed by atoms with Crippen molar-refractivity contribution in [1.29, 1.82) is 0 Å². The molecule has 0 N–H and O–H groups in total. The average molecular weight is 939 g/mol. The molecule has 0 spiro atoms. The van der Waals surface area contributed by atoms with Crippen molar-refractivity contribution in [2.24, 2.45) is 0 Å². The van der Waals surface area contributed by atoms with Gasteiger partial charge in [-0.25, -0.2) is 0 Å². The molecular weight excluding hydrogens is 893 g/mol. The summed E-state index contributed by atoms with van der Waals surface area (Å²) in [6, 6.07) is 96.4. The molecule has 13 rings (SSSR count). The van der Waals surface area contributed by atoms with Gasteiger partial charge in [0.2, 0.25) is 0 Å². The van der Waals surface area contributed by atoms with Crippen LogP contribution in [0.3, 0.4) is 0 Å². The number of fused-ring (bicyclic) bond motifs is 4. The second-order valence-electron chi connectivity index (χ2n) is 18.4. The zero-order valence-electron chi connectivity index (χ0n) is 39.1. The lowest BCUT2D eigenvalue weighted by atomic mass is 9.84. The van der Waals surface area contributed by atoms with Gasteiger partial charge in [0.15, 0.2) is 0 Å². The average Bonchev–Trinajstić information content (AvgIpc) is 4.15. The molecule has 2 heterocycles. The Morgan fingerprint density at radius 1 is 0.268 bits per heavy atom. The van der Waals surface area contributed by atoms with Crippen LogP contribution in [0.2, 0.25) is 0 Å². The number of hydrogen-bond acceptors (Lipinski definition) is 2. The van der Waals surface area contributed by atoms with Crippen molar-refractivity contribution in [2.45, 2.75) is 6.92 Å². The predicted octanol–water partition coefficient (Wildman–Crippen LogP) is 18.2. The minimum atomic E-state index is 1.19. The largest absolute Gasteiger partial charge is 0.134 e. The van der Waals surface area contributed by atoms with Gasteiger partial charge in [0.25, 0.3) is 0 Å². The van der Waals surface area contributed by atoms with E-state index >= 15 is 0 Å².